The molecule has 1 aliphatic heterocycles. The summed E-state index contributed by atoms with van der Waals surface area (Å²) in [7, 11) is 1.14. The number of ether oxygens (including phenoxy) is 11. The summed E-state index contributed by atoms with van der Waals surface area (Å²) in [6.45, 7) is 13.7. The van der Waals surface area contributed by atoms with Gasteiger partial charge in [-0.15, -0.1) is 0 Å². The fourth-order valence-corrected chi connectivity index (χ4v) is 11.3. The molecule has 3 aromatic carbocycles. The van der Waals surface area contributed by atoms with E-state index in [4.69, 9.17) is 58.7 Å². The Morgan fingerprint density at radius 2 is 0.779 bits per heavy atom. The van der Waals surface area contributed by atoms with Crippen molar-refractivity contribution in [3.05, 3.63) is 118 Å². The zero-order valence-corrected chi connectivity index (χ0v) is 48.7. The molecular weight excluding hydrogens is 1160 g/mol. The number of thioether (sulfide) groups is 2. The molecule has 23 nitrogen and oxygen atoms in total. The summed E-state index contributed by atoms with van der Waals surface area (Å²) in [6.07, 6.45) is 4.57. The van der Waals surface area contributed by atoms with E-state index in [0.717, 1.165) is 53.9 Å². The summed E-state index contributed by atoms with van der Waals surface area (Å²) < 4.78 is 57.9. The number of carbonyl (C=O) groups excluding carboxylic acids is 11. The third-order valence-electron chi connectivity index (χ3n) is 13.5. The van der Waals surface area contributed by atoms with E-state index in [1.165, 1.54) is 12.1 Å². The van der Waals surface area contributed by atoms with Crippen molar-refractivity contribution in [1.29, 1.82) is 0 Å². The molecule has 0 spiro atoms. The van der Waals surface area contributed by atoms with Gasteiger partial charge in [0.05, 0.1) is 90.3 Å². The SMILES string of the molecule is [C-]#[N+]C(C(=O)OC)=C1Sc2c(OC(=O)C3CCC(C(=O)Oc4ccc(CCOC(=O)CCC(=O)OCCOC(=O)C=C)cc4)CC3)ccc(OC(=O)C3CCC(C(=O)Oc4ccc(CCOC(=O)CCC(=O)OCCOC(=O)C=C)cc4)CC3)c2S1. The van der Waals surface area contributed by atoms with E-state index in [-0.39, 0.29) is 86.8 Å². The lowest BCUT2D eigenvalue weighted by Gasteiger charge is -2.26. The molecule has 2 saturated carbocycles. The number of carbonyl (C=O) groups is 11. The Bertz CT molecular complexity index is 2890. The van der Waals surface area contributed by atoms with Crippen LogP contribution < -0.4 is 18.9 Å². The highest BCUT2D eigenvalue weighted by Gasteiger charge is 2.37. The predicted octanol–water partition coefficient (Wildman–Crippen LogP) is 8.06. The molecule has 3 aromatic rings. The van der Waals surface area contributed by atoms with E-state index in [0.29, 0.717) is 85.5 Å². The van der Waals surface area contributed by atoms with Crippen molar-refractivity contribution in [2.45, 2.75) is 99.7 Å². The minimum atomic E-state index is -0.882. The number of rotatable bonds is 29. The van der Waals surface area contributed by atoms with Crippen molar-refractivity contribution in [1.82, 2.24) is 0 Å². The maximum atomic E-state index is 13.7. The zero-order valence-electron chi connectivity index (χ0n) is 47.0. The lowest BCUT2D eigenvalue weighted by molar-refractivity contribution is -0.152. The molecule has 0 N–H and O–H groups in total. The first kappa shape index (κ1) is 66.4. The minimum absolute atomic E-state index is 0.0466. The molecule has 2 fully saturated rings. The summed E-state index contributed by atoms with van der Waals surface area (Å²) in [4.78, 5) is 140. The van der Waals surface area contributed by atoms with Gasteiger partial charge in [-0.25, -0.2) is 14.4 Å². The van der Waals surface area contributed by atoms with Crippen LogP contribution in [0.2, 0.25) is 0 Å². The largest absolute Gasteiger partial charge is 0.474 e. The molecule has 86 heavy (non-hydrogen) atoms. The molecule has 0 atom stereocenters. The summed E-state index contributed by atoms with van der Waals surface area (Å²) in [6, 6.07) is 16.3. The molecule has 6 rings (SSSR count). The smallest absolute Gasteiger partial charge is 0.337 e. The van der Waals surface area contributed by atoms with Crippen LogP contribution in [0.5, 0.6) is 23.0 Å². The van der Waals surface area contributed by atoms with Gasteiger partial charge in [0.15, 0.2) is 0 Å². The van der Waals surface area contributed by atoms with E-state index in [9.17, 15) is 52.7 Å². The van der Waals surface area contributed by atoms with Crippen LogP contribution in [0, 0.1) is 30.2 Å². The number of fused-ring (bicyclic) bond motifs is 1. The number of esters is 11. The molecule has 0 aromatic heterocycles. The van der Waals surface area contributed by atoms with Gasteiger partial charge in [-0.2, -0.15) is 0 Å². The van der Waals surface area contributed by atoms with Crippen LogP contribution in [0.3, 0.4) is 0 Å². The predicted molar refractivity (Wildman–Crippen MR) is 302 cm³/mol. The summed E-state index contributed by atoms with van der Waals surface area (Å²) in [5.74, 6) is -7.94. The van der Waals surface area contributed by atoms with Crippen LogP contribution in [-0.2, 0) is 98.7 Å². The fourth-order valence-electron chi connectivity index (χ4n) is 8.79. The van der Waals surface area contributed by atoms with Crippen LogP contribution in [0.25, 0.3) is 4.85 Å². The van der Waals surface area contributed by atoms with E-state index in [1.54, 1.807) is 48.5 Å². The van der Waals surface area contributed by atoms with Crippen LogP contribution in [-0.4, -0.2) is 112 Å². The number of methoxy groups -OCH3 is 1. The van der Waals surface area contributed by atoms with Gasteiger partial charge in [0.1, 0.15) is 49.4 Å². The first-order valence-corrected chi connectivity index (χ1v) is 29.1. The highest BCUT2D eigenvalue weighted by Crippen LogP contribution is 2.59. The minimum Gasteiger partial charge on any atom is -0.474 e. The fraction of sp³-hybridized carbons (Fsp3) is 0.410. The second-order valence-electron chi connectivity index (χ2n) is 19.4. The van der Waals surface area contributed by atoms with Gasteiger partial charge in [-0.05, 0) is 98.9 Å². The molecule has 0 radical (unpaired) electrons. The van der Waals surface area contributed by atoms with Crippen molar-refractivity contribution in [3.8, 4) is 23.0 Å². The average molecular weight is 1230 g/mol. The van der Waals surface area contributed by atoms with Gasteiger partial charge in [0.2, 0.25) is 0 Å². The maximum Gasteiger partial charge on any atom is 0.337 e. The molecule has 0 amide bonds. The van der Waals surface area contributed by atoms with Crippen LogP contribution in [0.1, 0.15) is 88.2 Å². The van der Waals surface area contributed by atoms with Gasteiger partial charge in [-0.1, -0.05) is 60.9 Å². The topological polar surface area (TPSA) is 294 Å². The number of hydrogen-bond donors (Lipinski definition) is 0. The molecule has 0 saturated heterocycles. The zero-order chi connectivity index (χ0) is 62.0. The molecule has 2 aliphatic carbocycles. The van der Waals surface area contributed by atoms with Crippen LogP contribution in [0.4, 0.5) is 0 Å². The molecule has 0 bridgehead atoms. The Morgan fingerprint density at radius 1 is 0.465 bits per heavy atom. The number of nitrogens with zero attached hydrogens (tertiary/aromatic N) is 1. The van der Waals surface area contributed by atoms with Crippen molar-refractivity contribution >= 4 is 89.2 Å². The van der Waals surface area contributed by atoms with E-state index in [1.807, 2.05) is 0 Å². The Kier molecular flexibility index (Phi) is 26.4. The Morgan fingerprint density at radius 3 is 1.09 bits per heavy atom. The third-order valence-corrected chi connectivity index (χ3v) is 16.1. The van der Waals surface area contributed by atoms with Crippen LogP contribution >= 0.6 is 23.5 Å². The quantitative estimate of drug-likeness (QED) is 0.0158. The van der Waals surface area contributed by atoms with Gasteiger partial charge >= 0.3 is 65.7 Å². The molecule has 25 heteroatoms. The normalized spacial score (nSPS) is 16.6. The highest BCUT2D eigenvalue weighted by atomic mass is 32.2. The summed E-state index contributed by atoms with van der Waals surface area (Å²) >= 11 is 1.99. The number of hydrogen-bond acceptors (Lipinski definition) is 24. The van der Waals surface area contributed by atoms with Crippen LogP contribution in [0.15, 0.2) is 106 Å². The second-order valence-corrected chi connectivity index (χ2v) is 21.7. The summed E-state index contributed by atoms with van der Waals surface area (Å²) in [5, 5.41) is 0. The Labute approximate surface area is 503 Å². The van der Waals surface area contributed by atoms with E-state index in [2.05, 4.69) is 18.0 Å². The second kappa shape index (κ2) is 34.3. The molecule has 3 aliphatic rings. The van der Waals surface area contributed by atoms with Crippen molar-refractivity contribution in [3.63, 3.8) is 0 Å². The molecule has 0 unspecified atom stereocenters. The lowest BCUT2D eigenvalue weighted by Crippen LogP contribution is -2.30. The first-order valence-electron chi connectivity index (χ1n) is 27.5. The Hall–Kier alpha value is -8.76. The van der Waals surface area contributed by atoms with Crippen molar-refractivity contribution in [2.75, 3.05) is 46.8 Å². The maximum absolute atomic E-state index is 13.7. The number of benzene rings is 3. The molecule has 456 valence electrons. The van der Waals surface area contributed by atoms with Gasteiger partial charge in [0, 0.05) is 25.0 Å². The standard InChI is InChI=1S/C61H63NO22S2/c1-5-47(63)77-33-35-79-51(67)27-25-49(65)75-31-29-37-7-19-43(20-8-37)81-56(69)39-11-15-41(16-12-39)58(71)83-45-23-24-46(55-54(45)85-61(86-55)53(62-3)60(73)74-4)84-59(72)42-17-13-40(14-18-42)57(70)82-44-21-9-38(10-22-44)30-32-76-50(66)26-28-52(68)80-36-34-78-48(64)6-2/h5-10,19-24,39-42H,1-2,11-18,25-36H2,4H3. The van der Waals surface area contributed by atoms with Gasteiger partial charge < -0.3 is 52.1 Å². The average Bonchev–Trinajstić information content (AvgIpc) is 2.24. The lowest BCUT2D eigenvalue weighted by atomic mass is 9.82. The first-order chi connectivity index (χ1) is 41.5. The molecule has 1 heterocycles. The monoisotopic (exact) mass is 1230 g/mol. The highest BCUT2D eigenvalue weighted by molar-refractivity contribution is 8.24. The van der Waals surface area contributed by atoms with Gasteiger partial charge in [0.25, 0.3) is 5.70 Å². The van der Waals surface area contributed by atoms with E-state index >= 15 is 0 Å². The Balaban J connectivity index is 0.923. The van der Waals surface area contributed by atoms with Crippen molar-refractivity contribution in [2.24, 2.45) is 23.7 Å². The van der Waals surface area contributed by atoms with Crippen molar-refractivity contribution < 1.29 is 105 Å². The molecular formula is C61H63NO22S2. The van der Waals surface area contributed by atoms with E-state index < -0.39 is 89.3 Å². The van der Waals surface area contributed by atoms with Gasteiger partial charge in [-0.3, -0.25) is 43.2 Å². The third kappa shape index (κ3) is 21.1. The summed E-state index contributed by atoms with van der Waals surface area (Å²) in [5.41, 5.74) is 1.28.